The van der Waals surface area contributed by atoms with Crippen molar-refractivity contribution in [3.05, 3.63) is 65.4 Å². The molecule has 1 aliphatic rings. The van der Waals surface area contributed by atoms with Gasteiger partial charge in [-0.1, -0.05) is 30.3 Å². The molecule has 1 unspecified atom stereocenters. The molecule has 2 aromatic carbocycles. The van der Waals surface area contributed by atoms with E-state index in [0.717, 1.165) is 29.8 Å². The number of carboxylic acid groups (broad SMARTS) is 1. The lowest BCUT2D eigenvalue weighted by Gasteiger charge is -2.27. The average Bonchev–Trinajstić information content (AvgIpc) is 2.66. The normalized spacial score (nSPS) is 16.2. The number of fused-ring (bicyclic) bond motifs is 1. The first kappa shape index (κ1) is 21.7. The molecule has 160 valence electrons. The van der Waals surface area contributed by atoms with Gasteiger partial charge in [0.15, 0.2) is 5.76 Å². The van der Waals surface area contributed by atoms with E-state index >= 15 is 0 Å². The molecule has 0 aliphatic carbocycles. The summed E-state index contributed by atoms with van der Waals surface area (Å²) in [7, 11) is -3.96. The zero-order valence-corrected chi connectivity index (χ0v) is 16.0. The molecule has 1 heterocycles. The third-order valence-corrected chi connectivity index (χ3v) is 5.60. The molecule has 1 aliphatic heterocycles. The van der Waals surface area contributed by atoms with Crippen LogP contribution < -0.4 is 9.46 Å². The lowest BCUT2D eigenvalue weighted by Crippen LogP contribution is -2.39. The highest BCUT2D eigenvalue weighted by Crippen LogP contribution is 2.38. The molecule has 3 rings (SSSR count). The van der Waals surface area contributed by atoms with Crippen molar-refractivity contribution >= 4 is 22.3 Å². The fourth-order valence-electron chi connectivity index (χ4n) is 2.80. The van der Waals surface area contributed by atoms with E-state index in [1.54, 1.807) is 0 Å². The molecule has 0 amide bonds. The van der Waals surface area contributed by atoms with Gasteiger partial charge in [-0.2, -0.15) is 13.2 Å². The second-order valence-electron chi connectivity index (χ2n) is 6.29. The fraction of sp³-hybridized carbons (Fsp3) is 0.211. The van der Waals surface area contributed by atoms with Gasteiger partial charge in [0.05, 0.1) is 4.90 Å². The predicted molar refractivity (Wildman–Crippen MR) is 99.3 cm³/mol. The summed E-state index contributed by atoms with van der Waals surface area (Å²) in [5.74, 6) is -1.26. The number of carbonyl (C=O) groups is 1. The Morgan fingerprint density at radius 1 is 1.17 bits per heavy atom. The Labute approximate surface area is 169 Å². The van der Waals surface area contributed by atoms with Gasteiger partial charge in [-0.15, -0.1) is 0 Å². The van der Waals surface area contributed by atoms with E-state index in [0.29, 0.717) is 6.42 Å². The first-order valence-corrected chi connectivity index (χ1v) is 10.1. The fourth-order valence-corrected chi connectivity index (χ4v) is 3.86. The Morgan fingerprint density at radius 3 is 2.50 bits per heavy atom. The maximum atomic E-state index is 13.1. The summed E-state index contributed by atoms with van der Waals surface area (Å²) in [5.41, 5.74) is 0.869. The van der Waals surface area contributed by atoms with Crippen molar-refractivity contribution in [3.8, 4) is 5.75 Å². The minimum absolute atomic E-state index is 0.0577. The molecule has 30 heavy (non-hydrogen) atoms. The summed E-state index contributed by atoms with van der Waals surface area (Å²) in [5, 5.41) is 8.68. The van der Waals surface area contributed by atoms with Crippen LogP contribution in [0, 0.1) is 0 Å². The standard InChI is InChI=1S/C19H16F3NO6S/c20-19(21,22)17-16(29-18(24)25)11-13-10-14(6-7-15(13)28-17)30(26,27)23-9-8-12-4-2-1-3-5-12/h1-7,10-11,17,23H,8-9H2,(H,24,25). The molecule has 0 bridgehead atoms. The van der Waals surface area contributed by atoms with E-state index in [1.165, 1.54) is 0 Å². The Bertz CT molecular complexity index is 1070. The van der Waals surface area contributed by atoms with E-state index in [9.17, 15) is 26.4 Å². The number of hydrogen-bond acceptors (Lipinski definition) is 5. The zero-order chi connectivity index (χ0) is 21.9. The number of alkyl halides is 3. The van der Waals surface area contributed by atoms with Gasteiger partial charge in [-0.25, -0.2) is 17.9 Å². The van der Waals surface area contributed by atoms with Crippen molar-refractivity contribution in [2.45, 2.75) is 23.6 Å². The van der Waals surface area contributed by atoms with Crippen LogP contribution in [0.1, 0.15) is 11.1 Å². The summed E-state index contributed by atoms with van der Waals surface area (Å²) in [4.78, 5) is 10.5. The first-order valence-electron chi connectivity index (χ1n) is 8.59. The Morgan fingerprint density at radius 2 is 1.87 bits per heavy atom. The predicted octanol–water partition coefficient (Wildman–Crippen LogP) is 3.57. The van der Waals surface area contributed by atoms with Crippen LogP contribution in [0.4, 0.5) is 18.0 Å². The van der Waals surface area contributed by atoms with Gasteiger partial charge in [0.1, 0.15) is 5.75 Å². The topological polar surface area (TPSA) is 102 Å². The highest BCUT2D eigenvalue weighted by atomic mass is 32.2. The maximum Gasteiger partial charge on any atom is 0.511 e. The molecule has 0 saturated heterocycles. The number of ether oxygens (including phenoxy) is 2. The first-order chi connectivity index (χ1) is 14.1. The third kappa shape index (κ3) is 5.10. The van der Waals surface area contributed by atoms with Crippen molar-refractivity contribution in [2.24, 2.45) is 0 Å². The van der Waals surface area contributed by atoms with Crippen LogP contribution in [0.2, 0.25) is 0 Å². The second-order valence-corrected chi connectivity index (χ2v) is 8.05. The van der Waals surface area contributed by atoms with Crippen LogP contribution in [0.3, 0.4) is 0 Å². The van der Waals surface area contributed by atoms with Gasteiger partial charge in [-0.3, -0.25) is 0 Å². The van der Waals surface area contributed by atoms with Crippen molar-refractivity contribution < 1.29 is 41.0 Å². The summed E-state index contributed by atoms with van der Waals surface area (Å²) in [6, 6.07) is 12.4. The molecule has 0 spiro atoms. The molecule has 7 nitrogen and oxygen atoms in total. The quantitative estimate of drug-likeness (QED) is 0.662. The minimum atomic E-state index is -4.93. The Balaban J connectivity index is 1.82. The largest absolute Gasteiger partial charge is 0.511 e. The molecule has 0 fully saturated rings. The highest BCUT2D eigenvalue weighted by molar-refractivity contribution is 7.89. The summed E-state index contributed by atoms with van der Waals surface area (Å²) in [6.07, 6.45) is -8.25. The van der Waals surface area contributed by atoms with Gasteiger partial charge in [0, 0.05) is 12.1 Å². The maximum absolute atomic E-state index is 13.1. The van der Waals surface area contributed by atoms with E-state index in [4.69, 9.17) is 9.84 Å². The van der Waals surface area contributed by atoms with Crippen LogP contribution in [0.25, 0.3) is 6.08 Å². The molecule has 0 aromatic heterocycles. The number of hydrogen-bond donors (Lipinski definition) is 2. The minimum Gasteiger partial charge on any atom is -0.472 e. The van der Waals surface area contributed by atoms with E-state index in [-0.39, 0.29) is 22.8 Å². The van der Waals surface area contributed by atoms with Crippen molar-refractivity contribution in [2.75, 3.05) is 6.54 Å². The third-order valence-electron chi connectivity index (χ3n) is 4.14. The monoisotopic (exact) mass is 443 g/mol. The number of sulfonamides is 1. The Hall–Kier alpha value is -3.05. The number of halogens is 3. The van der Waals surface area contributed by atoms with Crippen molar-refractivity contribution in [1.29, 1.82) is 0 Å². The van der Waals surface area contributed by atoms with Crippen LogP contribution in [0.5, 0.6) is 5.75 Å². The van der Waals surface area contributed by atoms with Gasteiger partial charge >= 0.3 is 12.3 Å². The SMILES string of the molecule is O=C(O)OC1=Cc2cc(S(=O)(=O)NCCc3ccccc3)ccc2OC1C(F)(F)F. The van der Waals surface area contributed by atoms with E-state index in [1.807, 2.05) is 30.3 Å². The van der Waals surface area contributed by atoms with Gasteiger partial charge in [0.25, 0.3) is 6.10 Å². The molecule has 1 atom stereocenters. The molecule has 2 N–H and O–H groups in total. The van der Waals surface area contributed by atoms with E-state index < -0.39 is 34.2 Å². The van der Waals surface area contributed by atoms with Crippen LogP contribution >= 0.6 is 0 Å². The molecular formula is C19H16F3NO6S. The summed E-state index contributed by atoms with van der Waals surface area (Å²) in [6.45, 7) is 0.110. The van der Waals surface area contributed by atoms with Crippen molar-refractivity contribution in [3.63, 3.8) is 0 Å². The number of rotatable bonds is 6. The van der Waals surface area contributed by atoms with Gasteiger partial charge in [-0.05, 0) is 36.3 Å². The highest BCUT2D eigenvalue weighted by Gasteiger charge is 2.48. The summed E-state index contributed by atoms with van der Waals surface area (Å²) < 4.78 is 75.9. The lowest BCUT2D eigenvalue weighted by atomic mass is 10.1. The molecular weight excluding hydrogens is 427 g/mol. The van der Waals surface area contributed by atoms with Crippen LogP contribution in [-0.4, -0.2) is 38.5 Å². The lowest BCUT2D eigenvalue weighted by molar-refractivity contribution is -0.191. The smallest absolute Gasteiger partial charge is 0.472 e. The van der Waals surface area contributed by atoms with Gasteiger partial charge in [0.2, 0.25) is 10.0 Å². The summed E-state index contributed by atoms with van der Waals surface area (Å²) >= 11 is 0. The van der Waals surface area contributed by atoms with Crippen LogP contribution in [-0.2, 0) is 21.2 Å². The number of benzene rings is 2. The Kier molecular flexibility index (Phi) is 6.04. The second kappa shape index (κ2) is 8.36. The van der Waals surface area contributed by atoms with Crippen LogP contribution in [0.15, 0.2) is 59.2 Å². The zero-order valence-electron chi connectivity index (χ0n) is 15.2. The molecule has 0 saturated carbocycles. The number of nitrogens with one attached hydrogen (secondary N) is 1. The average molecular weight is 443 g/mol. The van der Waals surface area contributed by atoms with E-state index in [2.05, 4.69) is 9.46 Å². The molecule has 2 aromatic rings. The molecule has 0 radical (unpaired) electrons. The molecule has 11 heteroatoms. The van der Waals surface area contributed by atoms with Gasteiger partial charge < -0.3 is 14.6 Å². The van der Waals surface area contributed by atoms with Crippen molar-refractivity contribution in [1.82, 2.24) is 4.72 Å².